The summed E-state index contributed by atoms with van der Waals surface area (Å²) in [5.41, 5.74) is -0.425. The predicted octanol–water partition coefficient (Wildman–Crippen LogP) is 4.88. The number of rotatable bonds is 6. The van der Waals surface area contributed by atoms with E-state index in [1.54, 1.807) is 0 Å². The molecule has 0 aromatic carbocycles. The minimum Gasteiger partial charge on any atom is -0.444 e. The van der Waals surface area contributed by atoms with Crippen LogP contribution in [-0.2, 0) is 4.74 Å². The topological polar surface area (TPSA) is 50.4 Å². The van der Waals surface area contributed by atoms with Crippen LogP contribution in [-0.4, -0.2) is 30.8 Å². The van der Waals surface area contributed by atoms with Gasteiger partial charge in [0.25, 0.3) is 0 Å². The zero-order valence-corrected chi connectivity index (χ0v) is 16.9. The van der Waals surface area contributed by atoms with Crippen molar-refractivity contribution in [2.75, 3.05) is 13.1 Å². The normalized spacial score (nSPS) is 30.7. The van der Waals surface area contributed by atoms with Gasteiger partial charge in [-0.2, -0.15) is 0 Å². The molecule has 0 spiro atoms. The molecule has 0 saturated heterocycles. The Morgan fingerprint density at radius 3 is 2.56 bits per heavy atom. The van der Waals surface area contributed by atoms with Gasteiger partial charge in [-0.25, -0.2) is 4.79 Å². The molecule has 2 rings (SSSR count). The first kappa shape index (κ1) is 20.5. The molecular formula is C21H40N2O2. The first-order valence-corrected chi connectivity index (χ1v) is 10.5. The Kier molecular flexibility index (Phi) is 8.05. The van der Waals surface area contributed by atoms with Crippen molar-refractivity contribution in [3.8, 4) is 0 Å². The smallest absolute Gasteiger partial charge is 0.407 e. The van der Waals surface area contributed by atoms with Crippen LogP contribution in [0.4, 0.5) is 4.79 Å². The molecule has 0 heterocycles. The third-order valence-electron chi connectivity index (χ3n) is 5.82. The highest BCUT2D eigenvalue weighted by Gasteiger charge is 2.26. The van der Waals surface area contributed by atoms with Crippen LogP contribution in [0.15, 0.2) is 0 Å². The lowest BCUT2D eigenvalue weighted by atomic mass is 9.80. The van der Waals surface area contributed by atoms with Crippen molar-refractivity contribution in [1.29, 1.82) is 0 Å². The zero-order chi connectivity index (χ0) is 18.3. The van der Waals surface area contributed by atoms with Crippen LogP contribution in [0, 0.1) is 17.8 Å². The van der Waals surface area contributed by atoms with E-state index in [9.17, 15) is 4.79 Å². The summed E-state index contributed by atoms with van der Waals surface area (Å²) in [6.07, 6.45) is 11.7. The van der Waals surface area contributed by atoms with Gasteiger partial charge in [0.1, 0.15) is 5.60 Å². The first-order valence-electron chi connectivity index (χ1n) is 10.5. The molecule has 4 unspecified atom stereocenters. The van der Waals surface area contributed by atoms with E-state index in [1.807, 2.05) is 20.8 Å². The maximum absolute atomic E-state index is 11.9. The number of carbonyl (C=O) groups excluding carboxylic acids is 1. The highest BCUT2D eigenvalue weighted by Crippen LogP contribution is 2.30. The minimum absolute atomic E-state index is 0.284. The Morgan fingerprint density at radius 2 is 1.84 bits per heavy atom. The van der Waals surface area contributed by atoms with Crippen molar-refractivity contribution in [2.24, 2.45) is 17.8 Å². The lowest BCUT2D eigenvalue weighted by Crippen LogP contribution is -2.45. The van der Waals surface area contributed by atoms with Gasteiger partial charge in [0.05, 0.1) is 0 Å². The average Bonchev–Trinajstić information content (AvgIpc) is 2.52. The van der Waals surface area contributed by atoms with Gasteiger partial charge in [0, 0.05) is 12.6 Å². The molecule has 2 aliphatic carbocycles. The molecule has 146 valence electrons. The summed E-state index contributed by atoms with van der Waals surface area (Å²) in [5.74, 6) is 2.36. The van der Waals surface area contributed by atoms with Gasteiger partial charge in [-0.3, -0.25) is 0 Å². The second-order valence-corrected chi connectivity index (χ2v) is 9.41. The molecule has 0 bridgehead atoms. The molecular weight excluding hydrogens is 312 g/mol. The molecule has 2 N–H and O–H groups in total. The molecule has 0 aliphatic heterocycles. The molecule has 1 amide bonds. The lowest BCUT2D eigenvalue weighted by molar-refractivity contribution is 0.0510. The average molecular weight is 353 g/mol. The fourth-order valence-corrected chi connectivity index (χ4v) is 4.54. The van der Waals surface area contributed by atoms with Gasteiger partial charge in [0.15, 0.2) is 0 Å². The van der Waals surface area contributed by atoms with Crippen molar-refractivity contribution in [3.05, 3.63) is 0 Å². The van der Waals surface area contributed by atoms with Crippen LogP contribution < -0.4 is 10.6 Å². The molecule has 25 heavy (non-hydrogen) atoms. The Balaban J connectivity index is 1.69. The number of nitrogens with one attached hydrogen (secondary N) is 2. The van der Waals surface area contributed by atoms with Gasteiger partial charge < -0.3 is 15.4 Å². The van der Waals surface area contributed by atoms with Crippen LogP contribution in [0.5, 0.6) is 0 Å². The quantitative estimate of drug-likeness (QED) is 0.716. The molecule has 4 atom stereocenters. The summed E-state index contributed by atoms with van der Waals surface area (Å²) in [7, 11) is 0. The van der Waals surface area contributed by atoms with E-state index >= 15 is 0 Å². The Labute approximate surface area is 154 Å². The summed E-state index contributed by atoms with van der Waals surface area (Å²) in [4.78, 5) is 11.9. The van der Waals surface area contributed by atoms with Crippen LogP contribution >= 0.6 is 0 Å². The van der Waals surface area contributed by atoms with Gasteiger partial charge in [-0.05, 0) is 70.8 Å². The minimum atomic E-state index is -0.425. The maximum Gasteiger partial charge on any atom is 0.407 e. The molecule has 2 saturated carbocycles. The summed E-state index contributed by atoms with van der Waals surface area (Å²) < 4.78 is 5.36. The largest absolute Gasteiger partial charge is 0.444 e. The monoisotopic (exact) mass is 352 g/mol. The summed E-state index contributed by atoms with van der Waals surface area (Å²) >= 11 is 0. The first-order chi connectivity index (χ1) is 11.8. The van der Waals surface area contributed by atoms with E-state index in [1.165, 1.54) is 57.8 Å². The molecule has 2 fully saturated rings. The van der Waals surface area contributed by atoms with Crippen LogP contribution in [0.25, 0.3) is 0 Å². The fourth-order valence-electron chi connectivity index (χ4n) is 4.54. The summed E-state index contributed by atoms with van der Waals surface area (Å²) in [6, 6.07) is 0.546. The summed E-state index contributed by atoms with van der Waals surface area (Å²) in [6.45, 7) is 9.98. The highest BCUT2D eigenvalue weighted by atomic mass is 16.6. The van der Waals surface area contributed by atoms with E-state index in [-0.39, 0.29) is 6.09 Å². The zero-order valence-electron chi connectivity index (χ0n) is 16.9. The maximum atomic E-state index is 11.9. The van der Waals surface area contributed by atoms with Crippen LogP contribution in [0.2, 0.25) is 0 Å². The van der Waals surface area contributed by atoms with Crippen LogP contribution in [0.1, 0.15) is 85.5 Å². The Morgan fingerprint density at radius 1 is 1.08 bits per heavy atom. The Hall–Kier alpha value is -0.770. The van der Waals surface area contributed by atoms with Crippen LogP contribution in [0.3, 0.4) is 0 Å². The summed E-state index contributed by atoms with van der Waals surface area (Å²) in [5, 5.41) is 6.80. The number of amides is 1. The molecule has 0 aromatic heterocycles. The van der Waals surface area contributed by atoms with Crippen molar-refractivity contribution in [3.63, 3.8) is 0 Å². The fraction of sp³-hybridized carbons (Fsp3) is 0.952. The number of hydrogen-bond acceptors (Lipinski definition) is 3. The van der Waals surface area contributed by atoms with E-state index in [0.717, 1.165) is 24.9 Å². The molecule has 2 aliphatic rings. The third kappa shape index (κ3) is 7.98. The molecule has 4 nitrogen and oxygen atoms in total. The Bertz CT molecular complexity index is 405. The SMILES string of the molecule is CC1CCCC(CCNC2CCCCC2CNC(=O)OC(C)(C)C)C1. The van der Waals surface area contributed by atoms with Gasteiger partial charge in [-0.1, -0.05) is 39.0 Å². The van der Waals surface area contributed by atoms with Gasteiger partial charge in [-0.15, -0.1) is 0 Å². The van der Waals surface area contributed by atoms with E-state index in [4.69, 9.17) is 4.74 Å². The van der Waals surface area contributed by atoms with E-state index in [0.29, 0.717) is 12.0 Å². The van der Waals surface area contributed by atoms with E-state index in [2.05, 4.69) is 17.6 Å². The highest BCUT2D eigenvalue weighted by molar-refractivity contribution is 5.67. The van der Waals surface area contributed by atoms with Crippen molar-refractivity contribution >= 4 is 6.09 Å². The molecule has 0 radical (unpaired) electrons. The van der Waals surface area contributed by atoms with Crippen molar-refractivity contribution in [1.82, 2.24) is 10.6 Å². The predicted molar refractivity (Wildman–Crippen MR) is 104 cm³/mol. The number of hydrogen-bond donors (Lipinski definition) is 2. The standard InChI is InChI=1S/C21H40N2O2/c1-16-8-7-9-17(14-16)12-13-22-19-11-6-5-10-18(19)15-23-20(24)25-21(2,3)4/h16-19,22H,5-15H2,1-4H3,(H,23,24). The lowest BCUT2D eigenvalue weighted by Gasteiger charge is -2.34. The van der Waals surface area contributed by atoms with Crippen molar-refractivity contribution < 1.29 is 9.53 Å². The van der Waals surface area contributed by atoms with E-state index < -0.39 is 5.60 Å². The third-order valence-corrected chi connectivity index (χ3v) is 5.82. The number of ether oxygens (including phenoxy) is 1. The molecule has 4 heteroatoms. The number of alkyl carbamates (subject to hydrolysis) is 1. The molecule has 0 aromatic rings. The van der Waals surface area contributed by atoms with Gasteiger partial charge in [0.2, 0.25) is 0 Å². The van der Waals surface area contributed by atoms with Gasteiger partial charge >= 0.3 is 6.09 Å². The second kappa shape index (κ2) is 9.80. The second-order valence-electron chi connectivity index (χ2n) is 9.41. The number of carbonyl (C=O) groups is 1. The van der Waals surface area contributed by atoms with Crippen molar-refractivity contribution in [2.45, 2.75) is 97.1 Å².